The van der Waals surface area contributed by atoms with Crippen LogP contribution in [0.2, 0.25) is 0 Å². The minimum Gasteiger partial charge on any atom is -0.377 e. The van der Waals surface area contributed by atoms with Crippen LogP contribution in [0, 0.1) is 17.0 Å². The van der Waals surface area contributed by atoms with Gasteiger partial charge in [-0.2, -0.15) is 0 Å². The number of carbonyl (C=O) groups is 1. The maximum absolute atomic E-state index is 12.0. The number of methoxy groups -OCH3 is 1. The predicted molar refractivity (Wildman–Crippen MR) is 81.3 cm³/mol. The molecule has 2 aromatic rings. The molecule has 2 heterocycles. The van der Waals surface area contributed by atoms with Crippen molar-refractivity contribution < 1.29 is 14.5 Å². The van der Waals surface area contributed by atoms with E-state index in [9.17, 15) is 19.7 Å². The van der Waals surface area contributed by atoms with Crippen LogP contribution < -0.4 is 10.9 Å². The predicted octanol–water partition coefficient (Wildman–Crippen LogP) is 0.702. The molecule has 0 radical (unpaired) electrons. The second kappa shape index (κ2) is 7.07. The highest BCUT2D eigenvalue weighted by Gasteiger charge is 2.17. The Morgan fingerprint density at radius 1 is 1.48 bits per heavy atom. The summed E-state index contributed by atoms with van der Waals surface area (Å²) in [6.45, 7) is 1.33. The molecule has 10 nitrogen and oxygen atoms in total. The molecule has 0 aliphatic rings. The SMILES string of the molecule is COCc1nnc(NC(=O)Cn2c(C)c([N+](=O)[O-])ccc2=O)s1. The van der Waals surface area contributed by atoms with Crippen molar-refractivity contribution in [1.82, 2.24) is 14.8 Å². The first kappa shape index (κ1) is 16.7. The Labute approximate surface area is 133 Å². The molecule has 0 aliphatic heterocycles. The van der Waals surface area contributed by atoms with E-state index in [1.54, 1.807) is 0 Å². The first-order chi connectivity index (χ1) is 10.9. The van der Waals surface area contributed by atoms with Crippen LogP contribution in [0.3, 0.4) is 0 Å². The molecule has 1 amide bonds. The van der Waals surface area contributed by atoms with Gasteiger partial charge in [0.05, 0.1) is 10.6 Å². The van der Waals surface area contributed by atoms with Crippen molar-refractivity contribution in [3.63, 3.8) is 0 Å². The molecule has 0 saturated heterocycles. The molecule has 11 heteroatoms. The van der Waals surface area contributed by atoms with E-state index in [1.165, 1.54) is 14.0 Å². The number of pyridine rings is 1. The molecule has 0 bridgehead atoms. The lowest BCUT2D eigenvalue weighted by Gasteiger charge is -2.08. The Hall–Kier alpha value is -2.66. The highest BCUT2D eigenvalue weighted by Crippen LogP contribution is 2.17. The third-order valence-corrected chi connectivity index (χ3v) is 3.72. The second-order valence-electron chi connectivity index (χ2n) is 4.47. The number of aromatic nitrogens is 3. The lowest BCUT2D eigenvalue weighted by molar-refractivity contribution is -0.386. The maximum Gasteiger partial charge on any atom is 0.288 e. The number of amides is 1. The highest BCUT2D eigenvalue weighted by atomic mass is 32.1. The number of ether oxygens (including phenoxy) is 1. The van der Waals surface area contributed by atoms with Gasteiger partial charge in [0.25, 0.3) is 11.2 Å². The van der Waals surface area contributed by atoms with Crippen molar-refractivity contribution in [3.8, 4) is 0 Å². The molecular weight excluding hydrogens is 326 g/mol. The standard InChI is InChI=1S/C12H13N5O5S/c1-7-8(17(20)21)3-4-11(19)16(7)5-9(18)13-12-15-14-10(23-12)6-22-2/h3-4H,5-6H2,1-2H3,(H,13,15,18). The van der Waals surface area contributed by atoms with Crippen LogP contribution in [0.15, 0.2) is 16.9 Å². The summed E-state index contributed by atoms with van der Waals surface area (Å²) < 4.78 is 5.93. The van der Waals surface area contributed by atoms with Crippen LogP contribution in [-0.2, 0) is 22.7 Å². The van der Waals surface area contributed by atoms with E-state index in [2.05, 4.69) is 15.5 Å². The van der Waals surface area contributed by atoms with Gasteiger partial charge >= 0.3 is 0 Å². The van der Waals surface area contributed by atoms with Gasteiger partial charge in [-0.05, 0) is 6.92 Å². The van der Waals surface area contributed by atoms with Crippen LogP contribution >= 0.6 is 11.3 Å². The Morgan fingerprint density at radius 3 is 2.87 bits per heavy atom. The molecule has 0 atom stereocenters. The summed E-state index contributed by atoms with van der Waals surface area (Å²) in [5.74, 6) is -0.532. The average Bonchev–Trinajstić information content (AvgIpc) is 2.90. The Morgan fingerprint density at radius 2 is 2.22 bits per heavy atom. The van der Waals surface area contributed by atoms with Gasteiger partial charge in [-0.15, -0.1) is 10.2 Å². The molecule has 0 aromatic carbocycles. The number of carbonyl (C=O) groups excluding carboxylic acids is 1. The third-order valence-electron chi connectivity index (χ3n) is 2.90. The summed E-state index contributed by atoms with van der Waals surface area (Å²) in [6.07, 6.45) is 0. The first-order valence-electron chi connectivity index (χ1n) is 6.38. The second-order valence-corrected chi connectivity index (χ2v) is 5.53. The number of nitrogens with one attached hydrogen (secondary N) is 1. The molecule has 0 spiro atoms. The largest absolute Gasteiger partial charge is 0.377 e. The van der Waals surface area contributed by atoms with Gasteiger partial charge in [-0.3, -0.25) is 29.6 Å². The van der Waals surface area contributed by atoms with Gasteiger partial charge in [0.1, 0.15) is 18.2 Å². The fourth-order valence-corrected chi connectivity index (χ4v) is 2.57. The number of nitrogens with zero attached hydrogens (tertiary/aromatic N) is 4. The molecule has 122 valence electrons. The van der Waals surface area contributed by atoms with E-state index < -0.39 is 16.4 Å². The minimum atomic E-state index is -0.606. The summed E-state index contributed by atoms with van der Waals surface area (Å²) in [5, 5.41) is 21.8. The molecular formula is C12H13N5O5S. The Balaban J connectivity index is 2.15. The number of hydrogen-bond donors (Lipinski definition) is 1. The number of hydrogen-bond acceptors (Lipinski definition) is 8. The third kappa shape index (κ3) is 3.96. The van der Waals surface area contributed by atoms with E-state index >= 15 is 0 Å². The zero-order valence-corrected chi connectivity index (χ0v) is 13.1. The Kier molecular flexibility index (Phi) is 5.13. The molecule has 23 heavy (non-hydrogen) atoms. The molecule has 2 aromatic heterocycles. The van der Waals surface area contributed by atoms with Crippen molar-refractivity contribution >= 4 is 28.1 Å². The van der Waals surface area contributed by atoms with Gasteiger partial charge in [0.15, 0.2) is 0 Å². The van der Waals surface area contributed by atoms with Gasteiger partial charge in [0.2, 0.25) is 11.0 Å². The van der Waals surface area contributed by atoms with E-state index in [4.69, 9.17) is 4.74 Å². The van der Waals surface area contributed by atoms with Gasteiger partial charge in [-0.25, -0.2) is 0 Å². The number of anilines is 1. The highest BCUT2D eigenvalue weighted by molar-refractivity contribution is 7.15. The van der Waals surface area contributed by atoms with E-state index in [-0.39, 0.29) is 29.7 Å². The monoisotopic (exact) mass is 339 g/mol. The van der Waals surface area contributed by atoms with Crippen LogP contribution in [0.25, 0.3) is 0 Å². The van der Waals surface area contributed by atoms with Crippen LogP contribution in [-0.4, -0.2) is 32.7 Å². The zero-order valence-electron chi connectivity index (χ0n) is 12.3. The molecule has 0 fully saturated rings. The molecule has 2 rings (SSSR count). The number of rotatable bonds is 6. The van der Waals surface area contributed by atoms with E-state index in [0.717, 1.165) is 28.0 Å². The van der Waals surface area contributed by atoms with Crippen LogP contribution in [0.5, 0.6) is 0 Å². The van der Waals surface area contributed by atoms with Crippen molar-refractivity contribution in [2.45, 2.75) is 20.1 Å². The molecule has 0 unspecified atom stereocenters. The first-order valence-corrected chi connectivity index (χ1v) is 7.20. The fourth-order valence-electron chi connectivity index (χ4n) is 1.84. The summed E-state index contributed by atoms with van der Waals surface area (Å²) in [4.78, 5) is 34.1. The topological polar surface area (TPSA) is 129 Å². The smallest absolute Gasteiger partial charge is 0.288 e. The van der Waals surface area contributed by atoms with Gasteiger partial charge in [-0.1, -0.05) is 11.3 Å². The summed E-state index contributed by atoms with van der Waals surface area (Å²) in [5.41, 5.74) is -0.619. The van der Waals surface area contributed by atoms with Crippen molar-refractivity contribution in [3.05, 3.63) is 43.3 Å². The van der Waals surface area contributed by atoms with Gasteiger partial charge < -0.3 is 4.74 Å². The minimum absolute atomic E-state index is 0.106. The summed E-state index contributed by atoms with van der Waals surface area (Å²) >= 11 is 1.14. The van der Waals surface area contributed by atoms with Crippen molar-refractivity contribution in [1.29, 1.82) is 0 Å². The van der Waals surface area contributed by atoms with Gasteiger partial charge in [0, 0.05) is 19.2 Å². The average molecular weight is 339 g/mol. The van der Waals surface area contributed by atoms with Crippen LogP contribution in [0.4, 0.5) is 10.8 Å². The normalized spacial score (nSPS) is 10.5. The van der Waals surface area contributed by atoms with Crippen molar-refractivity contribution in [2.24, 2.45) is 0 Å². The quantitative estimate of drug-likeness (QED) is 0.605. The number of nitro groups is 1. The fraction of sp³-hybridized carbons (Fsp3) is 0.333. The Bertz CT molecular complexity index is 799. The lowest BCUT2D eigenvalue weighted by atomic mass is 10.3. The van der Waals surface area contributed by atoms with Crippen LogP contribution in [0.1, 0.15) is 10.7 Å². The zero-order chi connectivity index (χ0) is 17.0. The lowest BCUT2D eigenvalue weighted by Crippen LogP contribution is -2.29. The maximum atomic E-state index is 12.0. The van der Waals surface area contributed by atoms with E-state index in [1.807, 2.05) is 0 Å². The molecule has 1 N–H and O–H groups in total. The molecule has 0 saturated carbocycles. The molecule has 0 aliphatic carbocycles. The van der Waals surface area contributed by atoms with E-state index in [0.29, 0.717) is 5.01 Å². The van der Waals surface area contributed by atoms with Crippen molar-refractivity contribution in [2.75, 3.05) is 12.4 Å². The summed E-state index contributed by atoms with van der Waals surface area (Å²) in [6, 6.07) is 2.17. The summed E-state index contributed by atoms with van der Waals surface area (Å²) in [7, 11) is 1.51.